The van der Waals surface area contributed by atoms with Crippen LogP contribution in [0.25, 0.3) is 5.69 Å². The zero-order valence-corrected chi connectivity index (χ0v) is 16.2. The highest BCUT2D eigenvalue weighted by atomic mass is 35.5. The fourth-order valence-corrected chi connectivity index (χ4v) is 4.57. The van der Waals surface area contributed by atoms with E-state index >= 15 is 0 Å². The second kappa shape index (κ2) is 7.61. The van der Waals surface area contributed by atoms with E-state index < -0.39 is 10.0 Å². The number of rotatable bonds is 6. The third kappa shape index (κ3) is 3.98. The molecule has 0 atom stereocenters. The third-order valence-electron chi connectivity index (χ3n) is 4.09. The molecular weight excluding hydrogens is 370 g/mol. The van der Waals surface area contributed by atoms with E-state index in [9.17, 15) is 8.42 Å². The van der Waals surface area contributed by atoms with E-state index in [0.717, 1.165) is 11.3 Å². The molecule has 1 heterocycles. The van der Waals surface area contributed by atoms with E-state index in [-0.39, 0.29) is 11.4 Å². The Kier molecular flexibility index (Phi) is 5.46. The van der Waals surface area contributed by atoms with Crippen LogP contribution in [0, 0.1) is 13.8 Å². The normalized spacial score (nSPS) is 11.7. The van der Waals surface area contributed by atoms with Crippen LogP contribution >= 0.6 is 11.6 Å². The van der Waals surface area contributed by atoms with Crippen molar-refractivity contribution in [3.8, 4) is 5.69 Å². The molecule has 7 heteroatoms. The second-order valence-corrected chi connectivity index (χ2v) is 8.17. The van der Waals surface area contributed by atoms with E-state index in [1.807, 2.05) is 48.5 Å². The molecule has 0 aliphatic rings. The highest BCUT2D eigenvalue weighted by molar-refractivity contribution is 7.89. The maximum Gasteiger partial charge on any atom is 0.244 e. The lowest BCUT2D eigenvalue weighted by molar-refractivity contribution is 0.580. The molecule has 0 saturated carbocycles. The quantitative estimate of drug-likeness (QED) is 0.699. The number of nitrogens with zero attached hydrogens (tertiary/aromatic N) is 2. The van der Waals surface area contributed by atoms with Crippen LogP contribution in [0.3, 0.4) is 0 Å². The number of nitrogens with one attached hydrogen (secondary N) is 1. The number of sulfonamides is 1. The summed E-state index contributed by atoms with van der Waals surface area (Å²) in [6.45, 7) is 3.76. The monoisotopic (exact) mass is 389 g/mol. The topological polar surface area (TPSA) is 64.0 Å². The Morgan fingerprint density at radius 3 is 2.50 bits per heavy atom. The first-order chi connectivity index (χ1) is 12.4. The number of hydrogen-bond acceptors (Lipinski definition) is 3. The van der Waals surface area contributed by atoms with Gasteiger partial charge in [-0.05, 0) is 50.1 Å². The summed E-state index contributed by atoms with van der Waals surface area (Å²) in [5, 5.41) is 5.04. The maximum atomic E-state index is 12.8. The third-order valence-corrected chi connectivity index (χ3v) is 6.04. The molecule has 0 amide bonds. The summed E-state index contributed by atoms with van der Waals surface area (Å²) in [7, 11) is -3.66. The Labute approximate surface area is 158 Å². The van der Waals surface area contributed by atoms with Crippen LogP contribution in [0.1, 0.15) is 17.0 Å². The van der Waals surface area contributed by atoms with Crippen molar-refractivity contribution < 1.29 is 8.42 Å². The summed E-state index contributed by atoms with van der Waals surface area (Å²) in [5.41, 5.74) is 2.87. The van der Waals surface area contributed by atoms with Gasteiger partial charge in [0.05, 0.1) is 17.1 Å². The fraction of sp³-hybridized carbons (Fsp3) is 0.211. The highest BCUT2D eigenvalue weighted by Crippen LogP contribution is 2.22. The standard InChI is InChI=1S/C19H20ClN3O2S/c1-14-19(15(2)23(22-14)18-9-4-3-5-10-18)26(24,25)21-12-11-16-7-6-8-17(20)13-16/h3-10,13,21H,11-12H2,1-2H3. The molecule has 3 aromatic rings. The highest BCUT2D eigenvalue weighted by Gasteiger charge is 2.24. The van der Waals surface area contributed by atoms with Gasteiger partial charge < -0.3 is 0 Å². The molecule has 0 saturated heterocycles. The van der Waals surface area contributed by atoms with E-state index in [4.69, 9.17) is 11.6 Å². The Balaban J connectivity index is 1.80. The van der Waals surface area contributed by atoms with Gasteiger partial charge in [0.15, 0.2) is 0 Å². The van der Waals surface area contributed by atoms with Crippen molar-refractivity contribution in [2.24, 2.45) is 0 Å². The molecule has 0 spiro atoms. The zero-order chi connectivity index (χ0) is 18.7. The van der Waals surface area contributed by atoms with Gasteiger partial charge in [-0.15, -0.1) is 0 Å². The molecule has 3 rings (SSSR count). The molecule has 0 fully saturated rings. The van der Waals surface area contributed by atoms with E-state index in [0.29, 0.717) is 22.8 Å². The molecule has 5 nitrogen and oxygen atoms in total. The van der Waals surface area contributed by atoms with Crippen LogP contribution in [-0.2, 0) is 16.4 Å². The van der Waals surface area contributed by atoms with E-state index in [2.05, 4.69) is 9.82 Å². The number of benzene rings is 2. The molecular formula is C19H20ClN3O2S. The van der Waals surface area contributed by atoms with Gasteiger partial charge in [0.25, 0.3) is 0 Å². The number of para-hydroxylation sites is 1. The molecule has 26 heavy (non-hydrogen) atoms. The van der Waals surface area contributed by atoms with Crippen LogP contribution in [0.4, 0.5) is 0 Å². The van der Waals surface area contributed by atoms with Crippen LogP contribution in [0.5, 0.6) is 0 Å². The Hall–Kier alpha value is -2.15. The number of aryl methyl sites for hydroxylation is 1. The van der Waals surface area contributed by atoms with Gasteiger partial charge in [0.2, 0.25) is 10.0 Å². The predicted octanol–water partition coefficient (Wildman–Crippen LogP) is 3.66. The van der Waals surface area contributed by atoms with E-state index in [1.165, 1.54) is 0 Å². The van der Waals surface area contributed by atoms with Gasteiger partial charge in [-0.3, -0.25) is 0 Å². The molecule has 0 bridgehead atoms. The second-order valence-electron chi connectivity index (χ2n) is 6.02. The molecule has 0 aliphatic heterocycles. The van der Waals surface area contributed by atoms with Gasteiger partial charge in [0, 0.05) is 11.6 Å². The summed E-state index contributed by atoms with van der Waals surface area (Å²) >= 11 is 5.96. The van der Waals surface area contributed by atoms with Gasteiger partial charge in [-0.1, -0.05) is 41.9 Å². The largest absolute Gasteiger partial charge is 0.244 e. The van der Waals surface area contributed by atoms with Gasteiger partial charge in [-0.2, -0.15) is 5.10 Å². The first kappa shape index (κ1) is 18.6. The first-order valence-electron chi connectivity index (χ1n) is 8.24. The number of aromatic nitrogens is 2. The molecule has 2 aromatic carbocycles. The van der Waals surface area contributed by atoms with Crippen molar-refractivity contribution in [3.05, 3.63) is 76.6 Å². The van der Waals surface area contributed by atoms with E-state index in [1.54, 1.807) is 24.6 Å². The smallest absolute Gasteiger partial charge is 0.236 e. The summed E-state index contributed by atoms with van der Waals surface area (Å²) in [6.07, 6.45) is 0.560. The molecule has 0 radical (unpaired) electrons. The Morgan fingerprint density at radius 1 is 1.08 bits per heavy atom. The van der Waals surface area contributed by atoms with Gasteiger partial charge in [0.1, 0.15) is 4.90 Å². The maximum absolute atomic E-state index is 12.8. The van der Waals surface area contributed by atoms with Crippen molar-refractivity contribution in [3.63, 3.8) is 0 Å². The minimum atomic E-state index is -3.66. The Morgan fingerprint density at radius 2 is 1.81 bits per heavy atom. The fourth-order valence-electron chi connectivity index (χ4n) is 2.93. The number of hydrogen-bond donors (Lipinski definition) is 1. The lowest BCUT2D eigenvalue weighted by Crippen LogP contribution is -2.27. The number of halogens is 1. The molecule has 0 unspecified atom stereocenters. The zero-order valence-electron chi connectivity index (χ0n) is 14.6. The summed E-state index contributed by atoms with van der Waals surface area (Å²) in [6, 6.07) is 16.9. The lowest BCUT2D eigenvalue weighted by Gasteiger charge is -2.08. The van der Waals surface area contributed by atoms with Crippen molar-refractivity contribution in [1.82, 2.24) is 14.5 Å². The van der Waals surface area contributed by atoms with Crippen LogP contribution in [0.15, 0.2) is 59.5 Å². The summed E-state index contributed by atoms with van der Waals surface area (Å²) in [4.78, 5) is 0.229. The van der Waals surface area contributed by atoms with Crippen LogP contribution in [0.2, 0.25) is 5.02 Å². The SMILES string of the molecule is Cc1nn(-c2ccccc2)c(C)c1S(=O)(=O)NCCc1cccc(Cl)c1. The minimum Gasteiger partial charge on any atom is -0.236 e. The lowest BCUT2D eigenvalue weighted by atomic mass is 10.2. The Bertz CT molecular complexity index is 1010. The van der Waals surface area contributed by atoms with Crippen molar-refractivity contribution in [2.75, 3.05) is 6.54 Å². The van der Waals surface area contributed by atoms with Crippen molar-refractivity contribution >= 4 is 21.6 Å². The molecule has 1 aromatic heterocycles. The minimum absolute atomic E-state index is 0.229. The first-order valence-corrected chi connectivity index (χ1v) is 10.1. The van der Waals surface area contributed by atoms with Crippen LogP contribution in [-0.4, -0.2) is 24.7 Å². The summed E-state index contributed by atoms with van der Waals surface area (Å²) < 4.78 is 29.9. The summed E-state index contributed by atoms with van der Waals surface area (Å²) in [5.74, 6) is 0. The van der Waals surface area contributed by atoms with Gasteiger partial charge >= 0.3 is 0 Å². The molecule has 1 N–H and O–H groups in total. The predicted molar refractivity (Wildman–Crippen MR) is 103 cm³/mol. The van der Waals surface area contributed by atoms with Crippen molar-refractivity contribution in [2.45, 2.75) is 25.2 Å². The molecule has 0 aliphatic carbocycles. The van der Waals surface area contributed by atoms with Crippen molar-refractivity contribution in [1.29, 1.82) is 0 Å². The molecule has 136 valence electrons. The average Bonchev–Trinajstić information content (AvgIpc) is 2.91. The average molecular weight is 390 g/mol. The van der Waals surface area contributed by atoms with Crippen LogP contribution < -0.4 is 4.72 Å². The van der Waals surface area contributed by atoms with Gasteiger partial charge in [-0.25, -0.2) is 17.8 Å².